The zero-order valence-corrected chi connectivity index (χ0v) is 14.5. The number of unbranched alkanes of at least 4 members (excludes halogenated alkanes) is 1. The first-order valence-electron chi connectivity index (χ1n) is 6.66. The number of hydrogen-bond donors (Lipinski definition) is 2. The van der Waals surface area contributed by atoms with Crippen molar-refractivity contribution in [2.24, 2.45) is 0 Å². The van der Waals surface area contributed by atoms with Gasteiger partial charge in [-0.3, -0.25) is 4.72 Å². The summed E-state index contributed by atoms with van der Waals surface area (Å²) >= 11 is 3.30. The third kappa shape index (κ3) is 6.67. The molecule has 0 aliphatic rings. The Hall–Kier alpha value is -0.660. The fourth-order valence-corrected chi connectivity index (χ4v) is 3.29. The number of hydrogen-bond acceptors (Lipinski definition) is 4. The van der Waals surface area contributed by atoms with Crippen LogP contribution in [0.1, 0.15) is 32.3 Å². The zero-order chi connectivity index (χ0) is 15.2. The lowest BCUT2D eigenvalue weighted by Gasteiger charge is -2.10. The first kappa shape index (κ1) is 17.4. The maximum atomic E-state index is 12.0. The summed E-state index contributed by atoms with van der Waals surface area (Å²) in [7, 11) is -3.33. The second-order valence-corrected chi connectivity index (χ2v) is 7.81. The number of rotatable bonds is 8. The van der Waals surface area contributed by atoms with Crippen LogP contribution < -0.4 is 10.0 Å². The minimum Gasteiger partial charge on any atom is -0.315 e. The average molecular weight is 364 g/mol. The quantitative estimate of drug-likeness (QED) is 0.696. The van der Waals surface area contributed by atoms with E-state index in [-0.39, 0.29) is 5.75 Å². The van der Waals surface area contributed by atoms with Crippen molar-refractivity contribution in [2.45, 2.75) is 39.7 Å². The number of aryl methyl sites for hydroxylation is 1. The minimum absolute atomic E-state index is 0.115. The molecule has 0 aliphatic carbocycles. The van der Waals surface area contributed by atoms with Gasteiger partial charge in [-0.2, -0.15) is 0 Å². The van der Waals surface area contributed by atoms with E-state index in [4.69, 9.17) is 0 Å². The Morgan fingerprint density at radius 2 is 2.05 bits per heavy atom. The number of aromatic nitrogens is 1. The van der Waals surface area contributed by atoms with E-state index in [1.165, 1.54) is 0 Å². The Balaban J connectivity index is 2.45. The Bertz CT molecular complexity index is 532. The van der Waals surface area contributed by atoms with Crippen LogP contribution in [0.2, 0.25) is 0 Å². The van der Waals surface area contributed by atoms with Gasteiger partial charge >= 0.3 is 0 Å². The molecule has 5 nitrogen and oxygen atoms in total. The lowest BCUT2D eigenvalue weighted by molar-refractivity contribution is 0.561. The number of pyridine rings is 1. The normalized spacial score (nSPS) is 11.8. The van der Waals surface area contributed by atoms with E-state index in [0.29, 0.717) is 18.3 Å². The van der Waals surface area contributed by atoms with Gasteiger partial charge in [0.25, 0.3) is 0 Å². The van der Waals surface area contributed by atoms with Gasteiger partial charge < -0.3 is 5.32 Å². The van der Waals surface area contributed by atoms with Crippen molar-refractivity contribution in [1.29, 1.82) is 0 Å². The molecule has 1 rings (SSSR count). The molecule has 0 atom stereocenters. The van der Waals surface area contributed by atoms with E-state index in [0.717, 1.165) is 23.0 Å². The van der Waals surface area contributed by atoms with E-state index in [2.05, 4.69) is 44.8 Å². The highest BCUT2D eigenvalue weighted by molar-refractivity contribution is 9.10. The molecule has 0 saturated heterocycles. The predicted octanol–water partition coefficient (Wildman–Crippen LogP) is 2.67. The third-order valence-corrected chi connectivity index (χ3v) is 4.45. The molecular formula is C13H22BrN3O2S. The standard InChI is InChI=1S/C13H22BrN3O2S/c1-10(2)15-6-4-5-7-20(18,19)17-13-11(3)8-12(14)9-16-13/h8-10,15H,4-7H2,1-3H3,(H,16,17). The highest BCUT2D eigenvalue weighted by atomic mass is 79.9. The van der Waals surface area contributed by atoms with Crippen LogP contribution in [-0.4, -0.2) is 31.7 Å². The van der Waals surface area contributed by atoms with Crippen LogP contribution >= 0.6 is 15.9 Å². The second-order valence-electron chi connectivity index (χ2n) is 5.06. The molecule has 1 heterocycles. The molecule has 0 bridgehead atoms. The minimum atomic E-state index is -3.33. The number of nitrogens with one attached hydrogen (secondary N) is 2. The Labute approximate surface area is 129 Å². The molecule has 0 radical (unpaired) electrons. The first-order chi connectivity index (χ1) is 9.30. The van der Waals surface area contributed by atoms with E-state index >= 15 is 0 Å². The molecule has 0 aromatic carbocycles. The van der Waals surface area contributed by atoms with Crippen molar-refractivity contribution in [3.8, 4) is 0 Å². The molecule has 0 fully saturated rings. The van der Waals surface area contributed by atoms with Gasteiger partial charge in [0, 0.05) is 16.7 Å². The van der Waals surface area contributed by atoms with Gasteiger partial charge in [0.2, 0.25) is 10.0 Å². The lowest BCUT2D eigenvalue weighted by atomic mass is 10.3. The average Bonchev–Trinajstić information content (AvgIpc) is 2.32. The summed E-state index contributed by atoms with van der Waals surface area (Å²) in [5.74, 6) is 0.512. The monoisotopic (exact) mass is 363 g/mol. The van der Waals surface area contributed by atoms with E-state index in [9.17, 15) is 8.42 Å². The largest absolute Gasteiger partial charge is 0.315 e. The van der Waals surface area contributed by atoms with Crippen molar-refractivity contribution in [3.63, 3.8) is 0 Å². The van der Waals surface area contributed by atoms with Crippen molar-refractivity contribution in [2.75, 3.05) is 17.0 Å². The maximum Gasteiger partial charge on any atom is 0.233 e. The Morgan fingerprint density at radius 3 is 2.65 bits per heavy atom. The summed E-state index contributed by atoms with van der Waals surface area (Å²) in [4.78, 5) is 4.08. The fourth-order valence-electron chi connectivity index (χ4n) is 1.65. The summed E-state index contributed by atoms with van der Waals surface area (Å²) in [5.41, 5.74) is 0.796. The molecule has 20 heavy (non-hydrogen) atoms. The van der Waals surface area contributed by atoms with Gasteiger partial charge in [-0.15, -0.1) is 0 Å². The number of sulfonamides is 1. The fraction of sp³-hybridized carbons (Fsp3) is 0.615. The molecule has 114 valence electrons. The highest BCUT2D eigenvalue weighted by Crippen LogP contribution is 2.18. The van der Waals surface area contributed by atoms with Crippen molar-refractivity contribution < 1.29 is 8.42 Å². The zero-order valence-electron chi connectivity index (χ0n) is 12.1. The van der Waals surface area contributed by atoms with E-state index < -0.39 is 10.0 Å². The summed E-state index contributed by atoms with van der Waals surface area (Å²) in [6.07, 6.45) is 3.05. The molecule has 0 saturated carbocycles. The van der Waals surface area contributed by atoms with Crippen LogP contribution in [0.4, 0.5) is 5.82 Å². The van der Waals surface area contributed by atoms with Crippen molar-refractivity contribution in [3.05, 3.63) is 22.3 Å². The van der Waals surface area contributed by atoms with Gasteiger partial charge in [0.05, 0.1) is 5.75 Å². The SMILES string of the molecule is Cc1cc(Br)cnc1NS(=O)(=O)CCCCNC(C)C. The topological polar surface area (TPSA) is 71.1 Å². The summed E-state index contributed by atoms with van der Waals surface area (Å²) in [6.45, 7) is 6.80. The summed E-state index contributed by atoms with van der Waals surface area (Å²) in [6, 6.07) is 2.26. The Kier molecular flexibility index (Phi) is 6.91. The Morgan fingerprint density at radius 1 is 1.35 bits per heavy atom. The molecule has 2 N–H and O–H groups in total. The smallest absolute Gasteiger partial charge is 0.233 e. The molecule has 0 unspecified atom stereocenters. The van der Waals surface area contributed by atoms with Gasteiger partial charge in [-0.05, 0) is 53.9 Å². The molecule has 1 aromatic rings. The maximum absolute atomic E-state index is 12.0. The van der Waals surface area contributed by atoms with Gasteiger partial charge in [-0.25, -0.2) is 13.4 Å². The van der Waals surface area contributed by atoms with Gasteiger partial charge in [-0.1, -0.05) is 13.8 Å². The highest BCUT2D eigenvalue weighted by Gasteiger charge is 2.12. The number of anilines is 1. The van der Waals surface area contributed by atoms with Crippen LogP contribution in [-0.2, 0) is 10.0 Å². The molecular weight excluding hydrogens is 342 g/mol. The molecule has 0 spiro atoms. The summed E-state index contributed by atoms with van der Waals surface area (Å²) in [5, 5.41) is 3.26. The molecule has 1 aromatic heterocycles. The van der Waals surface area contributed by atoms with E-state index in [1.807, 2.05) is 13.0 Å². The molecule has 0 amide bonds. The van der Waals surface area contributed by atoms with Crippen LogP contribution in [0, 0.1) is 6.92 Å². The second kappa shape index (κ2) is 7.95. The van der Waals surface area contributed by atoms with Crippen LogP contribution in [0.5, 0.6) is 0 Å². The molecule has 0 aliphatic heterocycles. The lowest BCUT2D eigenvalue weighted by Crippen LogP contribution is -2.24. The van der Waals surface area contributed by atoms with Crippen LogP contribution in [0.15, 0.2) is 16.7 Å². The number of halogens is 1. The van der Waals surface area contributed by atoms with E-state index in [1.54, 1.807) is 6.20 Å². The van der Waals surface area contributed by atoms with Gasteiger partial charge in [0.15, 0.2) is 0 Å². The van der Waals surface area contributed by atoms with Crippen LogP contribution in [0.3, 0.4) is 0 Å². The van der Waals surface area contributed by atoms with Crippen LogP contribution in [0.25, 0.3) is 0 Å². The number of nitrogens with zero attached hydrogens (tertiary/aromatic N) is 1. The summed E-state index contributed by atoms with van der Waals surface area (Å²) < 4.78 is 27.3. The first-order valence-corrected chi connectivity index (χ1v) is 9.11. The van der Waals surface area contributed by atoms with Gasteiger partial charge in [0.1, 0.15) is 5.82 Å². The van der Waals surface area contributed by atoms with Crippen molar-refractivity contribution >= 4 is 31.8 Å². The van der Waals surface area contributed by atoms with Crippen molar-refractivity contribution in [1.82, 2.24) is 10.3 Å². The molecule has 7 heteroatoms. The predicted molar refractivity (Wildman–Crippen MR) is 86.5 cm³/mol. The third-order valence-electron chi connectivity index (χ3n) is 2.69.